The summed E-state index contributed by atoms with van der Waals surface area (Å²) in [6.45, 7) is 5.91. The second-order valence-corrected chi connectivity index (χ2v) is 8.26. The first kappa shape index (κ1) is 20.4. The maximum atomic E-state index is 13.4. The monoisotopic (exact) mass is 400 g/mol. The van der Waals surface area contributed by atoms with E-state index in [1.54, 1.807) is 29.2 Å². The van der Waals surface area contributed by atoms with Gasteiger partial charge in [-0.25, -0.2) is 4.39 Å². The fourth-order valence-corrected chi connectivity index (χ4v) is 4.56. The lowest BCUT2D eigenvalue weighted by molar-refractivity contribution is -0.125. The first-order valence-electron chi connectivity index (χ1n) is 9.47. The largest absolute Gasteiger partial charge is 0.352 e. The van der Waals surface area contributed by atoms with Crippen molar-refractivity contribution in [1.29, 1.82) is 0 Å². The molecule has 1 fully saturated rings. The number of halogens is 1. The quantitative estimate of drug-likeness (QED) is 0.814. The van der Waals surface area contributed by atoms with Crippen molar-refractivity contribution in [3.63, 3.8) is 0 Å². The van der Waals surface area contributed by atoms with Crippen LogP contribution in [0.2, 0.25) is 0 Å². The predicted octanol–water partition coefficient (Wildman–Crippen LogP) is 4.31. The molecule has 0 saturated carbocycles. The Bertz CT molecular complexity index is 839. The molecular formula is C22H25FN2O2S. The lowest BCUT2D eigenvalue weighted by atomic mass is 10.1. The van der Waals surface area contributed by atoms with E-state index in [9.17, 15) is 14.0 Å². The Hall–Kier alpha value is -2.34. The highest BCUT2D eigenvalue weighted by Crippen LogP contribution is 2.42. The Balaban J connectivity index is 1.93. The summed E-state index contributed by atoms with van der Waals surface area (Å²) >= 11 is 1.53. The Morgan fingerprint density at radius 1 is 1.18 bits per heavy atom. The van der Waals surface area contributed by atoms with E-state index in [0.717, 1.165) is 17.5 Å². The molecule has 0 spiro atoms. The summed E-state index contributed by atoms with van der Waals surface area (Å²) in [6.07, 6.45) is 0.818. The van der Waals surface area contributed by atoms with E-state index < -0.39 is 6.04 Å². The zero-order valence-corrected chi connectivity index (χ0v) is 17.1. The van der Waals surface area contributed by atoms with Crippen LogP contribution in [0, 0.1) is 12.7 Å². The summed E-state index contributed by atoms with van der Waals surface area (Å²) in [7, 11) is 0. The molecule has 1 saturated heterocycles. The maximum Gasteiger partial charge on any atom is 0.255 e. The first-order chi connectivity index (χ1) is 13.4. The van der Waals surface area contributed by atoms with Crippen molar-refractivity contribution in [1.82, 2.24) is 10.2 Å². The van der Waals surface area contributed by atoms with Gasteiger partial charge in [-0.2, -0.15) is 0 Å². The summed E-state index contributed by atoms with van der Waals surface area (Å²) in [5.74, 6) is -0.160. The van der Waals surface area contributed by atoms with Gasteiger partial charge in [0, 0.05) is 17.4 Å². The zero-order valence-electron chi connectivity index (χ0n) is 16.3. The van der Waals surface area contributed by atoms with Gasteiger partial charge in [0.1, 0.15) is 17.2 Å². The van der Waals surface area contributed by atoms with Crippen molar-refractivity contribution in [2.45, 2.75) is 44.6 Å². The van der Waals surface area contributed by atoms with Gasteiger partial charge in [-0.1, -0.05) is 36.8 Å². The normalized spacial score (nSPS) is 20.1. The van der Waals surface area contributed by atoms with Crippen LogP contribution in [0.3, 0.4) is 0 Å². The van der Waals surface area contributed by atoms with Crippen LogP contribution in [0.5, 0.6) is 0 Å². The van der Waals surface area contributed by atoms with Gasteiger partial charge >= 0.3 is 0 Å². The van der Waals surface area contributed by atoms with Crippen LogP contribution in [0.15, 0.2) is 48.5 Å². The molecule has 148 valence electrons. The second-order valence-electron chi connectivity index (χ2n) is 7.15. The van der Waals surface area contributed by atoms with Crippen LogP contribution in [0.4, 0.5) is 4.39 Å². The molecule has 0 aromatic heterocycles. The van der Waals surface area contributed by atoms with E-state index >= 15 is 0 Å². The number of benzene rings is 2. The van der Waals surface area contributed by atoms with Gasteiger partial charge < -0.3 is 10.2 Å². The van der Waals surface area contributed by atoms with Gasteiger partial charge in [0.05, 0.1) is 0 Å². The molecule has 2 aromatic carbocycles. The molecule has 1 aliphatic heterocycles. The summed E-state index contributed by atoms with van der Waals surface area (Å²) in [4.78, 5) is 27.8. The SMILES string of the molecule is CC[C@H](C)NC(=O)[C@H]1CS[C@H](c2ccc(F)cc2)N1C(=O)c1ccc(C)cc1. The van der Waals surface area contributed by atoms with E-state index in [1.807, 2.05) is 32.9 Å². The zero-order chi connectivity index (χ0) is 20.3. The predicted molar refractivity (Wildman–Crippen MR) is 111 cm³/mol. The number of carbonyl (C=O) groups excluding carboxylic acids is 2. The minimum absolute atomic E-state index is 0.0405. The summed E-state index contributed by atoms with van der Waals surface area (Å²) in [5, 5.41) is 2.66. The van der Waals surface area contributed by atoms with E-state index in [-0.39, 0.29) is 29.0 Å². The van der Waals surface area contributed by atoms with Gasteiger partial charge in [-0.05, 0) is 50.1 Å². The van der Waals surface area contributed by atoms with Crippen molar-refractivity contribution in [2.75, 3.05) is 5.75 Å². The highest BCUT2D eigenvalue weighted by atomic mass is 32.2. The second kappa shape index (κ2) is 8.78. The molecule has 1 aliphatic rings. The van der Waals surface area contributed by atoms with Crippen LogP contribution in [-0.2, 0) is 4.79 Å². The molecule has 3 atom stereocenters. The van der Waals surface area contributed by atoms with Gasteiger partial charge in [0.2, 0.25) is 5.91 Å². The van der Waals surface area contributed by atoms with Crippen molar-refractivity contribution in [2.24, 2.45) is 0 Å². The van der Waals surface area contributed by atoms with Crippen LogP contribution in [0.25, 0.3) is 0 Å². The average Bonchev–Trinajstić information content (AvgIpc) is 3.13. The van der Waals surface area contributed by atoms with E-state index in [4.69, 9.17) is 0 Å². The molecule has 0 bridgehead atoms. The van der Waals surface area contributed by atoms with Gasteiger partial charge in [-0.3, -0.25) is 9.59 Å². The molecule has 0 unspecified atom stereocenters. The Morgan fingerprint density at radius 3 is 2.43 bits per heavy atom. The summed E-state index contributed by atoms with van der Waals surface area (Å²) < 4.78 is 13.4. The van der Waals surface area contributed by atoms with Crippen LogP contribution < -0.4 is 5.32 Å². The Morgan fingerprint density at radius 2 is 1.82 bits per heavy atom. The van der Waals surface area contributed by atoms with E-state index in [0.29, 0.717) is 11.3 Å². The molecule has 4 nitrogen and oxygen atoms in total. The van der Waals surface area contributed by atoms with Gasteiger partial charge in [-0.15, -0.1) is 11.8 Å². The first-order valence-corrected chi connectivity index (χ1v) is 10.5. The number of amides is 2. The van der Waals surface area contributed by atoms with Gasteiger partial charge in [0.25, 0.3) is 5.91 Å². The third kappa shape index (κ3) is 4.38. The molecule has 1 heterocycles. The van der Waals surface area contributed by atoms with Crippen molar-refractivity contribution >= 4 is 23.6 Å². The topological polar surface area (TPSA) is 49.4 Å². The van der Waals surface area contributed by atoms with Crippen LogP contribution in [-0.4, -0.2) is 34.6 Å². The number of thioether (sulfide) groups is 1. The summed E-state index contributed by atoms with van der Waals surface area (Å²) in [6, 6.07) is 12.9. The maximum absolute atomic E-state index is 13.4. The fourth-order valence-electron chi connectivity index (χ4n) is 3.13. The number of hydrogen-bond donors (Lipinski definition) is 1. The standard InChI is InChI=1S/C22H25FN2O2S/c1-4-15(3)24-20(26)19-13-28-22(17-9-11-18(23)12-10-17)25(19)21(27)16-7-5-14(2)6-8-16/h5-12,15,19,22H,4,13H2,1-3H3,(H,24,26)/t15-,19+,22+/m0/s1. The van der Waals surface area contributed by atoms with E-state index in [1.165, 1.54) is 23.9 Å². The van der Waals surface area contributed by atoms with Crippen molar-refractivity contribution in [3.8, 4) is 0 Å². The molecule has 0 radical (unpaired) electrons. The highest BCUT2D eigenvalue weighted by Gasteiger charge is 2.42. The average molecular weight is 401 g/mol. The molecule has 28 heavy (non-hydrogen) atoms. The number of nitrogens with zero attached hydrogens (tertiary/aromatic N) is 1. The fraction of sp³-hybridized carbons (Fsp3) is 0.364. The van der Waals surface area contributed by atoms with Crippen LogP contribution in [0.1, 0.15) is 47.1 Å². The van der Waals surface area contributed by atoms with Crippen LogP contribution >= 0.6 is 11.8 Å². The third-order valence-corrected chi connectivity index (χ3v) is 6.32. The molecule has 6 heteroatoms. The molecule has 2 amide bonds. The van der Waals surface area contributed by atoms with E-state index in [2.05, 4.69) is 5.32 Å². The third-order valence-electron chi connectivity index (χ3n) is 4.99. The molecule has 3 rings (SSSR count). The Labute approximate surface area is 169 Å². The number of nitrogens with one attached hydrogen (secondary N) is 1. The minimum Gasteiger partial charge on any atom is -0.352 e. The van der Waals surface area contributed by atoms with Gasteiger partial charge in [0.15, 0.2) is 0 Å². The van der Waals surface area contributed by atoms with Crippen molar-refractivity contribution in [3.05, 3.63) is 71.0 Å². The lowest BCUT2D eigenvalue weighted by Gasteiger charge is -2.30. The molecule has 2 aromatic rings. The van der Waals surface area contributed by atoms with Crippen molar-refractivity contribution < 1.29 is 14.0 Å². The lowest BCUT2D eigenvalue weighted by Crippen LogP contribution is -2.49. The minimum atomic E-state index is -0.567. The number of hydrogen-bond acceptors (Lipinski definition) is 3. The molecule has 0 aliphatic carbocycles. The molecule has 1 N–H and O–H groups in total. The smallest absolute Gasteiger partial charge is 0.255 e. The molecular weight excluding hydrogens is 375 g/mol. The highest BCUT2D eigenvalue weighted by molar-refractivity contribution is 7.99. The number of aryl methyl sites for hydroxylation is 1. The number of rotatable bonds is 5. The Kier molecular flexibility index (Phi) is 6.39. The summed E-state index contributed by atoms with van der Waals surface area (Å²) in [5.41, 5.74) is 2.42. The number of carbonyl (C=O) groups is 2.